The number of aryl methyl sites for hydroxylation is 2. The Labute approximate surface area is 94.2 Å². The molecule has 0 amide bonds. The smallest absolute Gasteiger partial charge is 0.123 e. The number of benzene rings is 2. The van der Waals surface area contributed by atoms with E-state index in [0.717, 1.165) is 24.0 Å². The first-order valence-electron chi connectivity index (χ1n) is 5.27. The predicted octanol–water partition coefficient (Wildman–Crippen LogP) is 3.32. The van der Waals surface area contributed by atoms with Crippen LogP contribution in [0.25, 0.3) is 0 Å². The zero-order chi connectivity index (χ0) is 11.4. The van der Waals surface area contributed by atoms with Gasteiger partial charge in [0, 0.05) is 0 Å². The summed E-state index contributed by atoms with van der Waals surface area (Å²) in [6, 6.07) is 13.8. The standard InChI is InChI=1S/C14H13FO/c15-13-9-6-11(7-10-13)5-8-12-3-1-2-4-14(12)16/h1-4,6-7,9-10,16H,5,8H2. The van der Waals surface area contributed by atoms with Crippen LogP contribution in [-0.4, -0.2) is 5.11 Å². The van der Waals surface area contributed by atoms with Crippen LogP contribution in [0.1, 0.15) is 11.1 Å². The lowest BCUT2D eigenvalue weighted by Crippen LogP contribution is -1.91. The maximum atomic E-state index is 12.7. The number of aromatic hydroxyl groups is 1. The fraction of sp³-hybridized carbons (Fsp3) is 0.143. The van der Waals surface area contributed by atoms with Gasteiger partial charge < -0.3 is 5.11 Å². The molecule has 0 spiro atoms. The molecule has 0 saturated carbocycles. The Morgan fingerprint density at radius 2 is 1.56 bits per heavy atom. The summed E-state index contributed by atoms with van der Waals surface area (Å²) in [5.41, 5.74) is 2.00. The number of rotatable bonds is 3. The van der Waals surface area contributed by atoms with E-state index in [0.29, 0.717) is 5.75 Å². The summed E-state index contributed by atoms with van der Waals surface area (Å²) in [6.07, 6.45) is 1.57. The van der Waals surface area contributed by atoms with E-state index >= 15 is 0 Å². The van der Waals surface area contributed by atoms with Crippen LogP contribution in [0, 0.1) is 5.82 Å². The fourth-order valence-electron chi connectivity index (χ4n) is 1.65. The normalized spacial score (nSPS) is 10.3. The van der Waals surface area contributed by atoms with Crippen molar-refractivity contribution >= 4 is 0 Å². The molecule has 0 fully saturated rings. The molecule has 2 aromatic carbocycles. The molecule has 2 heteroatoms. The molecule has 82 valence electrons. The molecule has 2 aromatic rings. The molecule has 0 aromatic heterocycles. The molecule has 0 bridgehead atoms. The van der Waals surface area contributed by atoms with Crippen LogP contribution >= 0.6 is 0 Å². The minimum Gasteiger partial charge on any atom is -0.508 e. The summed E-state index contributed by atoms with van der Waals surface area (Å²) in [5, 5.41) is 9.57. The topological polar surface area (TPSA) is 20.2 Å². The molecule has 16 heavy (non-hydrogen) atoms. The fourth-order valence-corrected chi connectivity index (χ4v) is 1.65. The van der Waals surface area contributed by atoms with Crippen LogP contribution in [0.2, 0.25) is 0 Å². The summed E-state index contributed by atoms with van der Waals surface area (Å²) in [7, 11) is 0. The van der Waals surface area contributed by atoms with E-state index in [4.69, 9.17) is 0 Å². The van der Waals surface area contributed by atoms with E-state index in [-0.39, 0.29) is 5.82 Å². The summed E-state index contributed by atoms with van der Waals surface area (Å²) >= 11 is 0. The first-order chi connectivity index (χ1) is 7.75. The molecule has 0 radical (unpaired) electrons. The molecule has 1 N–H and O–H groups in total. The van der Waals surface area contributed by atoms with E-state index in [1.54, 1.807) is 24.3 Å². The van der Waals surface area contributed by atoms with Gasteiger partial charge in [0.1, 0.15) is 11.6 Å². The van der Waals surface area contributed by atoms with E-state index in [1.807, 2.05) is 12.1 Å². The van der Waals surface area contributed by atoms with Crippen molar-refractivity contribution in [3.8, 4) is 5.75 Å². The second-order valence-corrected chi connectivity index (χ2v) is 3.76. The summed E-state index contributed by atoms with van der Waals surface area (Å²) in [4.78, 5) is 0. The van der Waals surface area contributed by atoms with Crippen molar-refractivity contribution in [1.82, 2.24) is 0 Å². The van der Waals surface area contributed by atoms with Crippen molar-refractivity contribution in [2.24, 2.45) is 0 Å². The Morgan fingerprint density at radius 1 is 0.875 bits per heavy atom. The summed E-state index contributed by atoms with van der Waals surface area (Å²) in [6.45, 7) is 0. The Kier molecular flexibility index (Phi) is 3.20. The van der Waals surface area contributed by atoms with Gasteiger partial charge in [-0.2, -0.15) is 0 Å². The number of hydrogen-bond acceptors (Lipinski definition) is 1. The van der Waals surface area contributed by atoms with Crippen molar-refractivity contribution < 1.29 is 9.50 Å². The molecule has 1 nitrogen and oxygen atoms in total. The van der Waals surface area contributed by atoms with E-state index in [2.05, 4.69) is 0 Å². The van der Waals surface area contributed by atoms with Gasteiger partial charge in [-0.1, -0.05) is 30.3 Å². The minimum atomic E-state index is -0.216. The van der Waals surface area contributed by atoms with Crippen LogP contribution in [0.15, 0.2) is 48.5 Å². The van der Waals surface area contributed by atoms with Gasteiger partial charge >= 0.3 is 0 Å². The number of para-hydroxylation sites is 1. The zero-order valence-electron chi connectivity index (χ0n) is 8.86. The number of halogens is 1. The maximum Gasteiger partial charge on any atom is 0.123 e. The van der Waals surface area contributed by atoms with Gasteiger partial charge in [-0.05, 0) is 42.2 Å². The first kappa shape index (κ1) is 10.7. The van der Waals surface area contributed by atoms with E-state index in [9.17, 15) is 9.50 Å². The third kappa shape index (κ3) is 2.60. The molecular weight excluding hydrogens is 203 g/mol. The average molecular weight is 216 g/mol. The van der Waals surface area contributed by atoms with E-state index < -0.39 is 0 Å². The number of phenols is 1. The van der Waals surface area contributed by atoms with Gasteiger partial charge in [0.15, 0.2) is 0 Å². The van der Waals surface area contributed by atoms with Gasteiger partial charge in [-0.25, -0.2) is 4.39 Å². The molecule has 0 aliphatic carbocycles. The quantitative estimate of drug-likeness (QED) is 0.834. The van der Waals surface area contributed by atoms with Crippen molar-refractivity contribution in [2.45, 2.75) is 12.8 Å². The highest BCUT2D eigenvalue weighted by Gasteiger charge is 2.00. The summed E-state index contributed by atoms with van der Waals surface area (Å²) < 4.78 is 12.7. The third-order valence-corrected chi connectivity index (χ3v) is 2.59. The lowest BCUT2D eigenvalue weighted by Gasteiger charge is -2.04. The second kappa shape index (κ2) is 4.79. The molecule has 0 atom stereocenters. The minimum absolute atomic E-state index is 0.216. The molecule has 0 aliphatic rings. The van der Waals surface area contributed by atoms with Gasteiger partial charge in [0.05, 0.1) is 0 Å². The Hall–Kier alpha value is -1.83. The van der Waals surface area contributed by atoms with Gasteiger partial charge in [-0.15, -0.1) is 0 Å². The highest BCUT2D eigenvalue weighted by Crippen LogP contribution is 2.17. The van der Waals surface area contributed by atoms with Crippen LogP contribution in [-0.2, 0) is 12.8 Å². The molecule has 0 saturated heterocycles. The molecule has 2 rings (SSSR count). The van der Waals surface area contributed by atoms with Crippen LogP contribution < -0.4 is 0 Å². The summed E-state index contributed by atoms with van der Waals surface area (Å²) in [5.74, 6) is 0.107. The zero-order valence-corrected chi connectivity index (χ0v) is 8.86. The second-order valence-electron chi connectivity index (χ2n) is 3.76. The van der Waals surface area contributed by atoms with Crippen molar-refractivity contribution in [3.63, 3.8) is 0 Å². The highest BCUT2D eigenvalue weighted by atomic mass is 19.1. The monoisotopic (exact) mass is 216 g/mol. The van der Waals surface area contributed by atoms with Crippen molar-refractivity contribution in [2.75, 3.05) is 0 Å². The SMILES string of the molecule is Oc1ccccc1CCc1ccc(F)cc1. The third-order valence-electron chi connectivity index (χ3n) is 2.59. The first-order valence-corrected chi connectivity index (χ1v) is 5.27. The maximum absolute atomic E-state index is 12.7. The van der Waals surface area contributed by atoms with Gasteiger partial charge in [-0.3, -0.25) is 0 Å². The van der Waals surface area contributed by atoms with Gasteiger partial charge in [0.2, 0.25) is 0 Å². The average Bonchev–Trinajstić information content (AvgIpc) is 2.30. The highest BCUT2D eigenvalue weighted by molar-refractivity contribution is 5.32. The number of hydrogen-bond donors (Lipinski definition) is 1. The van der Waals surface area contributed by atoms with Crippen LogP contribution in [0.3, 0.4) is 0 Å². The van der Waals surface area contributed by atoms with E-state index in [1.165, 1.54) is 12.1 Å². The lowest BCUT2D eigenvalue weighted by molar-refractivity contribution is 0.468. The largest absolute Gasteiger partial charge is 0.508 e. The van der Waals surface area contributed by atoms with Crippen LogP contribution in [0.4, 0.5) is 4.39 Å². The van der Waals surface area contributed by atoms with Crippen molar-refractivity contribution in [3.05, 3.63) is 65.5 Å². The molecule has 0 aliphatic heterocycles. The number of phenolic OH excluding ortho intramolecular Hbond substituents is 1. The Bertz CT molecular complexity index is 462. The molecule has 0 heterocycles. The Balaban J connectivity index is 2.02. The molecular formula is C14H13FO. The lowest BCUT2D eigenvalue weighted by atomic mass is 10.0. The van der Waals surface area contributed by atoms with Gasteiger partial charge in [0.25, 0.3) is 0 Å². The van der Waals surface area contributed by atoms with Crippen molar-refractivity contribution in [1.29, 1.82) is 0 Å². The van der Waals surface area contributed by atoms with Crippen LogP contribution in [0.5, 0.6) is 5.75 Å². The predicted molar refractivity (Wildman–Crippen MR) is 61.9 cm³/mol. The molecule has 0 unspecified atom stereocenters. The Morgan fingerprint density at radius 3 is 2.25 bits per heavy atom.